The zero-order valence-electron chi connectivity index (χ0n) is 58.2. The predicted molar refractivity (Wildman–Crippen MR) is 331 cm³/mol. The van der Waals surface area contributed by atoms with E-state index >= 15 is 0 Å². The van der Waals surface area contributed by atoms with E-state index in [0.29, 0.717) is 66.2 Å². The molecule has 1 amide bonds. The summed E-state index contributed by atoms with van der Waals surface area (Å²) < 4.78 is 58.6. The summed E-state index contributed by atoms with van der Waals surface area (Å²) >= 11 is 0. The van der Waals surface area contributed by atoms with Gasteiger partial charge in [-0.05, 0) is 146 Å². The number of piperidine rings is 1. The third kappa shape index (κ3) is 11.4. The van der Waals surface area contributed by atoms with Crippen LogP contribution in [0, 0.1) is 94.7 Å². The molecule has 17 saturated heterocycles. The molecule has 8 bridgehead atoms. The third-order valence-electron chi connectivity index (χ3n) is 26.6. The summed E-state index contributed by atoms with van der Waals surface area (Å²) in [4.78, 5) is 114. The van der Waals surface area contributed by atoms with Crippen LogP contribution in [0.1, 0.15) is 186 Å². The standard InChI is InChI=1S/C18H27NO6.3C17H25NO6/c1-9-4-5-12-10(2)14(15-19-8-13(20)21-15)22-16-18(12)11(9)6-7-17(3,23-16)24-25-18;1-10-4-5-13-11(2)14(18-8-20-9-19)21-15-17(13)12(10)6-7-16(3,22-15)23-24-17;1-10-4-5-13-11(2)14(20)18(8-21-9-19)15-17(13)12(10)6-7-16(3,22-15)23-24-17;1-9-4-5-12-10(2)14(18-8-13(19)20)21-15-17(12)11(9)6-7-16(3,22-15)23-24-17/h9-12,14-16,19H,4-8H2,1-3H3;2*9-13,15H,4-8H2,1-3H3;9-12,15H,4-8H2,1-3H3,(H,19,20)/t9-,10-,11?,12?,14?,15?,16-,17+,18?;10-,11-,12?,13?,15-,16+,17?;10-,11-,12?,13?,15?,16+,17?;9-,10-,11?,12?,15-,16+,17?/m1111/s1. The van der Waals surface area contributed by atoms with Gasteiger partial charge in [-0.3, -0.25) is 34.2 Å². The number of esters is 1. The first-order valence-electron chi connectivity index (χ1n) is 36.0. The Bertz CT molecular complexity index is 3060. The maximum absolute atomic E-state index is 12.9. The minimum absolute atomic E-state index is 0.0229. The Morgan fingerprint density at radius 3 is 1.40 bits per heavy atom. The van der Waals surface area contributed by atoms with Crippen LogP contribution < -0.4 is 5.32 Å². The largest absolute Gasteiger partial charge is 0.480 e. The Kier molecular flexibility index (Phi) is 18.6. The van der Waals surface area contributed by atoms with E-state index in [4.69, 9.17) is 91.6 Å². The second-order valence-electron chi connectivity index (χ2n) is 32.2. The molecular formula is C69H102N4O24. The summed E-state index contributed by atoms with van der Waals surface area (Å²) in [5, 5.41) is 12.1. The van der Waals surface area contributed by atoms with Gasteiger partial charge in [0.25, 0.3) is 12.9 Å². The number of carboxylic acid groups (broad SMARTS) is 1. The van der Waals surface area contributed by atoms with E-state index in [1.54, 1.807) is 0 Å². The molecule has 17 aliphatic heterocycles. The lowest BCUT2D eigenvalue weighted by atomic mass is 9.57. The Morgan fingerprint density at radius 1 is 0.515 bits per heavy atom. The quantitative estimate of drug-likeness (QED) is 0.0721. The summed E-state index contributed by atoms with van der Waals surface area (Å²) in [6, 6.07) is 0. The Morgan fingerprint density at radius 2 is 0.938 bits per heavy atom. The van der Waals surface area contributed by atoms with Gasteiger partial charge in [0.15, 0.2) is 66.4 Å². The second kappa shape index (κ2) is 25.9. The van der Waals surface area contributed by atoms with Crippen LogP contribution >= 0.6 is 0 Å². The number of likely N-dealkylation sites (tertiary alicyclic amines) is 1. The first-order valence-corrected chi connectivity index (χ1v) is 36.0. The predicted octanol–water partition coefficient (Wildman–Crippen LogP) is 8.27. The van der Waals surface area contributed by atoms with Crippen LogP contribution in [0.15, 0.2) is 9.98 Å². The molecule has 0 aromatic carbocycles. The highest BCUT2D eigenvalue weighted by Crippen LogP contribution is 2.65. The van der Waals surface area contributed by atoms with Crippen molar-refractivity contribution in [3.05, 3.63) is 0 Å². The number of carbonyl (C=O) groups excluding carboxylic acids is 4. The van der Waals surface area contributed by atoms with Crippen LogP contribution in [0.3, 0.4) is 0 Å². The zero-order chi connectivity index (χ0) is 68.6. The van der Waals surface area contributed by atoms with Gasteiger partial charge in [0.05, 0.1) is 6.54 Å². The number of hydrogen-bond donors (Lipinski definition) is 2. The maximum Gasteiger partial charge on any atom is 0.325 e. The highest BCUT2D eigenvalue weighted by molar-refractivity contribution is 5.83. The van der Waals surface area contributed by atoms with Crippen molar-refractivity contribution in [2.75, 3.05) is 26.6 Å². The molecule has 542 valence electrons. The smallest absolute Gasteiger partial charge is 0.325 e. The number of rotatable bonds is 9. The molecule has 30 atom stereocenters. The summed E-state index contributed by atoms with van der Waals surface area (Å²) in [7, 11) is 0. The van der Waals surface area contributed by atoms with Crippen molar-refractivity contribution in [1.29, 1.82) is 0 Å². The second-order valence-corrected chi connectivity index (χ2v) is 32.2. The normalized spacial score (nSPS) is 52.8. The van der Waals surface area contributed by atoms with E-state index < -0.39 is 82.8 Å². The van der Waals surface area contributed by atoms with Crippen LogP contribution in [-0.4, -0.2) is 162 Å². The molecular weight excluding hydrogens is 1270 g/mol. The highest BCUT2D eigenvalue weighted by atomic mass is 17.3. The third-order valence-corrected chi connectivity index (χ3v) is 26.6. The van der Waals surface area contributed by atoms with Crippen LogP contribution in [0.5, 0.6) is 0 Å². The van der Waals surface area contributed by atoms with E-state index in [1.807, 2.05) is 41.5 Å². The lowest BCUT2D eigenvalue weighted by Gasteiger charge is -2.61. The van der Waals surface area contributed by atoms with Crippen LogP contribution in [-0.2, 0) is 110 Å². The van der Waals surface area contributed by atoms with Crippen molar-refractivity contribution in [2.45, 2.75) is 269 Å². The summed E-state index contributed by atoms with van der Waals surface area (Å²) in [5.41, 5.74) is -2.47. The van der Waals surface area contributed by atoms with Crippen LogP contribution in [0.25, 0.3) is 0 Å². The van der Waals surface area contributed by atoms with Gasteiger partial charge in [-0.1, -0.05) is 55.4 Å². The van der Waals surface area contributed by atoms with Crippen molar-refractivity contribution < 1.29 is 116 Å². The van der Waals surface area contributed by atoms with E-state index in [9.17, 15) is 24.0 Å². The Labute approximate surface area is 566 Å². The van der Waals surface area contributed by atoms with E-state index in [0.717, 1.165) is 96.3 Å². The molecule has 17 heterocycles. The molecule has 4 spiro atoms. The van der Waals surface area contributed by atoms with Crippen LogP contribution in [0.2, 0.25) is 0 Å². The highest BCUT2D eigenvalue weighted by Gasteiger charge is 2.75. The molecule has 21 fully saturated rings. The number of amides is 1. The molecule has 4 aliphatic carbocycles. The summed E-state index contributed by atoms with van der Waals surface area (Å²) in [5.74, 6) is 0.431. The minimum atomic E-state index is -0.969. The lowest BCUT2D eigenvalue weighted by Crippen LogP contribution is -2.75. The van der Waals surface area contributed by atoms with E-state index in [-0.39, 0.29) is 97.8 Å². The fourth-order valence-corrected chi connectivity index (χ4v) is 21.5. The Hall–Kier alpha value is -4.27. The molecule has 28 heteroatoms. The number of carbonyl (C=O) groups is 5. The first-order chi connectivity index (χ1) is 46.2. The number of carboxylic acids is 1. The molecule has 15 unspecified atom stereocenters. The van der Waals surface area contributed by atoms with Crippen LogP contribution in [0.4, 0.5) is 0 Å². The van der Waals surface area contributed by atoms with Crippen molar-refractivity contribution in [3.8, 4) is 0 Å². The average Bonchev–Trinajstić information content (AvgIpc) is 1.71. The molecule has 0 radical (unpaired) electrons. The SMILES string of the molecule is C[C@@H]1CCC2[C@@H](C)C(=NCC(=O)O)O[C@@H]3O[C@]4(C)CCC1C23OO4.C[C@@H]1CCC2[C@@H](C)C(=NCOC=O)O[C@@H]3O[C@]4(C)CCC1C23OO4.C[C@@H]1CCC2[C@@H](C)C(=O)N(COC=O)C3O[C@]4(C)CCC1C23OO4.C[C@H]1C(C2NCC(=O)O2)O[C@@H]2O[C@]3(C)CCC4[C@H](C)CCC1C42OO3. The number of cyclic esters (lactones) is 1. The number of ether oxygens (including phenoxy) is 10. The van der Waals surface area contributed by atoms with Crippen molar-refractivity contribution in [3.63, 3.8) is 0 Å². The number of fused-ring (bicyclic) bond motifs is 8. The summed E-state index contributed by atoms with van der Waals surface area (Å²) in [6.07, 6.45) is 12.5. The molecule has 21 rings (SSSR count). The molecule has 4 saturated carbocycles. The number of hydrogen-bond acceptors (Lipinski definition) is 26. The molecule has 0 aromatic heterocycles. The van der Waals surface area contributed by atoms with Gasteiger partial charge >= 0.3 is 11.9 Å². The van der Waals surface area contributed by atoms with Gasteiger partial charge in [0, 0.05) is 78.9 Å². The maximum atomic E-state index is 12.9. The zero-order valence-corrected chi connectivity index (χ0v) is 58.2. The topological polar surface area (TPSA) is 312 Å². The fraction of sp³-hybridized carbons (Fsp3) is 0.899. The van der Waals surface area contributed by atoms with E-state index in [2.05, 4.69) is 56.8 Å². The fourth-order valence-electron chi connectivity index (χ4n) is 21.5. The average molecular weight is 1370 g/mol. The van der Waals surface area contributed by atoms with Gasteiger partial charge in [-0.15, -0.1) is 0 Å². The van der Waals surface area contributed by atoms with Crippen molar-refractivity contribution in [2.24, 2.45) is 105 Å². The number of nitrogens with zero attached hydrogens (tertiary/aromatic N) is 3. The number of aliphatic carboxylic acids is 1. The van der Waals surface area contributed by atoms with Gasteiger partial charge in [0.1, 0.15) is 12.6 Å². The molecule has 2 N–H and O–H groups in total. The van der Waals surface area contributed by atoms with Gasteiger partial charge in [-0.2, -0.15) is 0 Å². The van der Waals surface area contributed by atoms with Gasteiger partial charge in [-0.25, -0.2) is 49.1 Å². The van der Waals surface area contributed by atoms with Gasteiger partial charge in [0.2, 0.25) is 41.6 Å². The molecule has 97 heavy (non-hydrogen) atoms. The Balaban J connectivity index is 0.000000111. The molecule has 21 aliphatic rings. The minimum Gasteiger partial charge on any atom is -0.480 e. The molecule has 0 aromatic rings. The van der Waals surface area contributed by atoms with Crippen molar-refractivity contribution >= 4 is 42.6 Å². The first kappa shape index (κ1) is 69.8. The summed E-state index contributed by atoms with van der Waals surface area (Å²) in [6.45, 7) is 25.4. The number of aliphatic imine (C=N–C) groups is 2. The number of nitrogens with one attached hydrogen (secondary N) is 1. The van der Waals surface area contributed by atoms with Gasteiger partial charge < -0.3 is 52.5 Å². The molecule has 28 nitrogen and oxygen atoms in total. The monoisotopic (exact) mass is 1370 g/mol. The van der Waals surface area contributed by atoms with E-state index in [1.165, 1.54) is 11.3 Å². The van der Waals surface area contributed by atoms with Crippen molar-refractivity contribution in [1.82, 2.24) is 10.2 Å². The lowest BCUT2D eigenvalue weighted by molar-refractivity contribution is -0.572.